The second kappa shape index (κ2) is 11.9. The highest BCUT2D eigenvalue weighted by Gasteiger charge is 2.30. The quantitative estimate of drug-likeness (QED) is 0.250. The van der Waals surface area contributed by atoms with E-state index in [0.717, 1.165) is 12.1 Å². The van der Waals surface area contributed by atoms with Crippen molar-refractivity contribution in [2.75, 3.05) is 13.1 Å². The van der Waals surface area contributed by atoms with Gasteiger partial charge in [0.25, 0.3) is 11.1 Å². The molecule has 0 saturated heterocycles. The molecular weight excluding hydrogens is 579 g/mol. The highest BCUT2D eigenvalue weighted by molar-refractivity contribution is 7.89. The van der Waals surface area contributed by atoms with E-state index in [1.165, 1.54) is 42.5 Å². The number of fused-ring (bicyclic) bond motifs is 1. The van der Waals surface area contributed by atoms with Gasteiger partial charge in [-0.25, -0.2) is 22.3 Å². The Morgan fingerprint density at radius 3 is 2.36 bits per heavy atom. The van der Waals surface area contributed by atoms with Crippen LogP contribution in [0.5, 0.6) is 0 Å². The van der Waals surface area contributed by atoms with Gasteiger partial charge in [-0.1, -0.05) is 29.8 Å². The third-order valence-electron chi connectivity index (χ3n) is 5.47. The second-order valence-electron chi connectivity index (χ2n) is 8.28. The van der Waals surface area contributed by atoms with Gasteiger partial charge in [-0.2, -0.15) is 13.2 Å². The van der Waals surface area contributed by atoms with E-state index >= 15 is 0 Å². The number of alkyl halides is 3. The zero-order valence-electron chi connectivity index (χ0n) is 20.0. The number of hydrogen-bond acceptors (Lipinski definition) is 6. The molecule has 4 aromatic rings. The zero-order chi connectivity index (χ0) is 28.2. The fourth-order valence-electron chi connectivity index (χ4n) is 3.50. The van der Waals surface area contributed by atoms with Gasteiger partial charge in [0.1, 0.15) is 16.3 Å². The highest BCUT2D eigenvalue weighted by atomic mass is 35.5. The van der Waals surface area contributed by atoms with E-state index in [2.05, 4.69) is 15.0 Å². The van der Waals surface area contributed by atoms with Gasteiger partial charge in [0.15, 0.2) is 5.58 Å². The van der Waals surface area contributed by atoms with E-state index in [-0.39, 0.29) is 45.6 Å². The third-order valence-corrected chi connectivity index (χ3v) is 8.36. The zero-order valence-corrected chi connectivity index (χ0v) is 22.4. The van der Waals surface area contributed by atoms with Crippen molar-refractivity contribution in [1.82, 2.24) is 15.0 Å². The van der Waals surface area contributed by atoms with Gasteiger partial charge in [-0.3, -0.25) is 4.79 Å². The maximum absolute atomic E-state index is 12.8. The summed E-state index contributed by atoms with van der Waals surface area (Å²) < 4.78 is 83.7. The van der Waals surface area contributed by atoms with Crippen molar-refractivity contribution in [3.63, 3.8) is 0 Å². The van der Waals surface area contributed by atoms with Gasteiger partial charge in [0.05, 0.1) is 21.8 Å². The smallest absolute Gasteiger partial charge is 0.416 e. The molecule has 14 heteroatoms. The van der Waals surface area contributed by atoms with Crippen LogP contribution in [0.3, 0.4) is 0 Å². The fraction of sp³-hybridized carbons (Fsp3) is 0.200. The first kappa shape index (κ1) is 28.7. The number of rotatable bonds is 10. The Morgan fingerprint density at radius 1 is 1.00 bits per heavy atom. The molecule has 0 aliphatic rings. The molecule has 1 heterocycles. The summed E-state index contributed by atoms with van der Waals surface area (Å²) in [5.74, 6) is -0.629. The predicted molar refractivity (Wildman–Crippen MR) is 139 cm³/mol. The van der Waals surface area contributed by atoms with Crippen LogP contribution in [0.15, 0.2) is 81.3 Å². The number of nitrogens with zero attached hydrogens (tertiary/aromatic N) is 1. The largest absolute Gasteiger partial charge is 0.429 e. The molecule has 4 rings (SSSR count). The Labute approximate surface area is 229 Å². The number of para-hydroxylation sites is 1. The molecule has 0 spiro atoms. The van der Waals surface area contributed by atoms with Gasteiger partial charge < -0.3 is 9.73 Å². The predicted octanol–water partition coefficient (Wildman–Crippen LogP) is 4.91. The van der Waals surface area contributed by atoms with Crippen molar-refractivity contribution >= 4 is 49.4 Å². The molecule has 1 unspecified atom stereocenters. The van der Waals surface area contributed by atoms with E-state index in [4.69, 9.17) is 16.0 Å². The molecule has 3 aromatic carbocycles. The average Bonchev–Trinajstić information content (AvgIpc) is 3.33. The number of nitrogens with one attached hydrogen (secondary N) is 2. The first-order valence-corrected chi connectivity index (χ1v) is 14.6. The first-order chi connectivity index (χ1) is 18.4. The molecule has 0 aliphatic carbocycles. The number of carbonyl (C=O) groups excluding carboxylic acids is 1. The number of sulfonamides is 1. The standard InChI is InChI=1S/C25H21ClF3N3O5S2/c26-18-9-11-19(12-10-18)39(35,36)31-14-2-13-30-23(33)20-3-1-4-21-22(20)37-24(32-21)38(34)15-16-5-7-17(8-6-16)25(27,28)29/h1,3-12,31H,2,13-15H2,(H,30,33). The molecule has 1 aromatic heterocycles. The molecular formula is C25H21ClF3N3O5S2. The lowest BCUT2D eigenvalue weighted by molar-refractivity contribution is -0.137. The van der Waals surface area contributed by atoms with Crippen LogP contribution in [0.1, 0.15) is 27.9 Å². The molecule has 0 fully saturated rings. The van der Waals surface area contributed by atoms with E-state index in [0.29, 0.717) is 17.0 Å². The Hall–Kier alpha value is -3.26. The van der Waals surface area contributed by atoms with Gasteiger partial charge in [-0.05, 0) is 60.5 Å². The third kappa shape index (κ3) is 7.24. The first-order valence-electron chi connectivity index (χ1n) is 11.4. The minimum Gasteiger partial charge on any atom is -0.429 e. The molecule has 8 nitrogen and oxygen atoms in total. The van der Waals surface area contributed by atoms with Crippen LogP contribution in [0, 0.1) is 0 Å². The van der Waals surface area contributed by atoms with Crippen LogP contribution in [-0.4, -0.2) is 36.6 Å². The number of hydrogen-bond donors (Lipinski definition) is 2. The second-order valence-corrected chi connectivity index (χ2v) is 11.8. The van der Waals surface area contributed by atoms with Crippen LogP contribution < -0.4 is 10.0 Å². The van der Waals surface area contributed by atoms with Gasteiger partial charge in [0.2, 0.25) is 10.0 Å². The molecule has 1 amide bonds. The van der Waals surface area contributed by atoms with Crippen LogP contribution in [0.2, 0.25) is 5.02 Å². The summed E-state index contributed by atoms with van der Waals surface area (Å²) >= 11 is 5.78. The van der Waals surface area contributed by atoms with Crippen molar-refractivity contribution in [2.24, 2.45) is 0 Å². The van der Waals surface area contributed by atoms with Crippen LogP contribution in [0.25, 0.3) is 11.1 Å². The van der Waals surface area contributed by atoms with E-state index in [9.17, 15) is 30.6 Å². The van der Waals surface area contributed by atoms with E-state index < -0.39 is 38.5 Å². The number of aromatic nitrogens is 1. The van der Waals surface area contributed by atoms with E-state index in [1.54, 1.807) is 12.1 Å². The molecule has 206 valence electrons. The summed E-state index contributed by atoms with van der Waals surface area (Å²) in [4.78, 5) is 17.0. The molecule has 2 N–H and O–H groups in total. The van der Waals surface area contributed by atoms with Crippen molar-refractivity contribution in [3.05, 3.63) is 88.4 Å². The van der Waals surface area contributed by atoms with Crippen LogP contribution in [-0.2, 0) is 32.8 Å². The lowest BCUT2D eigenvalue weighted by Gasteiger charge is -2.08. The molecule has 39 heavy (non-hydrogen) atoms. The summed E-state index contributed by atoms with van der Waals surface area (Å²) in [6, 6.07) is 14.6. The number of halogens is 4. The minimum absolute atomic E-state index is 0.0689. The summed E-state index contributed by atoms with van der Waals surface area (Å²) in [6.45, 7) is 0.226. The van der Waals surface area contributed by atoms with Gasteiger partial charge >= 0.3 is 6.18 Å². The molecule has 0 saturated carbocycles. The maximum atomic E-state index is 12.8. The maximum Gasteiger partial charge on any atom is 0.416 e. The summed E-state index contributed by atoms with van der Waals surface area (Å²) in [5.41, 5.74) is 0.115. The Bertz CT molecular complexity index is 1610. The number of amides is 1. The number of oxazole rings is 1. The van der Waals surface area contributed by atoms with Crippen molar-refractivity contribution in [1.29, 1.82) is 0 Å². The number of benzene rings is 3. The fourth-order valence-corrected chi connectivity index (χ4v) is 5.69. The van der Waals surface area contributed by atoms with Crippen LogP contribution in [0.4, 0.5) is 13.2 Å². The van der Waals surface area contributed by atoms with Crippen molar-refractivity contribution in [3.8, 4) is 0 Å². The van der Waals surface area contributed by atoms with Gasteiger partial charge in [-0.15, -0.1) is 0 Å². The van der Waals surface area contributed by atoms with E-state index in [1.807, 2.05) is 0 Å². The SMILES string of the molecule is O=C(NCCCNS(=O)(=O)c1ccc(Cl)cc1)c1cccc2nc(S(=O)Cc3ccc(C(F)(F)F)cc3)oc12. The summed E-state index contributed by atoms with van der Waals surface area (Å²) in [7, 11) is -5.53. The van der Waals surface area contributed by atoms with Crippen molar-refractivity contribution < 1.29 is 35.0 Å². The Balaban J connectivity index is 1.34. The normalized spacial score (nSPS) is 12.9. The summed E-state index contributed by atoms with van der Waals surface area (Å²) in [6.07, 6.45) is -4.17. The molecule has 1 atom stereocenters. The Morgan fingerprint density at radius 2 is 1.69 bits per heavy atom. The minimum atomic E-state index is -4.47. The highest BCUT2D eigenvalue weighted by Crippen LogP contribution is 2.29. The number of carbonyl (C=O) groups is 1. The Kier molecular flexibility index (Phi) is 8.74. The molecule has 0 bridgehead atoms. The average molecular weight is 600 g/mol. The van der Waals surface area contributed by atoms with Crippen LogP contribution >= 0.6 is 11.6 Å². The molecule has 0 radical (unpaired) electrons. The lowest BCUT2D eigenvalue weighted by Crippen LogP contribution is -2.30. The summed E-state index contributed by atoms with van der Waals surface area (Å²) in [5, 5.41) is 2.92. The van der Waals surface area contributed by atoms with Gasteiger partial charge in [0, 0.05) is 18.1 Å². The van der Waals surface area contributed by atoms with Crippen molar-refractivity contribution in [2.45, 2.75) is 28.5 Å². The molecule has 0 aliphatic heterocycles. The topological polar surface area (TPSA) is 118 Å². The lowest BCUT2D eigenvalue weighted by atomic mass is 10.1. The monoisotopic (exact) mass is 599 g/mol.